The van der Waals surface area contributed by atoms with Crippen molar-refractivity contribution in [3.05, 3.63) is 59.9 Å². The van der Waals surface area contributed by atoms with Crippen molar-refractivity contribution in [2.45, 2.75) is 11.3 Å². The van der Waals surface area contributed by atoms with Crippen LogP contribution in [0.15, 0.2) is 52.9 Å². The van der Waals surface area contributed by atoms with Crippen molar-refractivity contribution >= 4 is 51.3 Å². The Morgan fingerprint density at radius 2 is 1.89 bits per heavy atom. The van der Waals surface area contributed by atoms with Crippen LogP contribution in [0.2, 0.25) is 0 Å². The van der Waals surface area contributed by atoms with Crippen LogP contribution in [0.1, 0.15) is 17.3 Å². The molecule has 0 saturated heterocycles. The number of ketones is 1. The van der Waals surface area contributed by atoms with Crippen LogP contribution in [0.25, 0.3) is 0 Å². The minimum absolute atomic E-state index is 0.0256. The molecule has 0 saturated carbocycles. The van der Waals surface area contributed by atoms with Crippen molar-refractivity contribution in [1.29, 1.82) is 0 Å². The van der Waals surface area contributed by atoms with Gasteiger partial charge in [0.15, 0.2) is 10.1 Å². The quantitative estimate of drug-likeness (QED) is 0.451. The molecule has 0 atom stereocenters. The van der Waals surface area contributed by atoms with Gasteiger partial charge in [0.1, 0.15) is 5.82 Å². The molecule has 27 heavy (non-hydrogen) atoms. The highest BCUT2D eigenvalue weighted by molar-refractivity contribution is 8.01. The van der Waals surface area contributed by atoms with E-state index < -0.39 is 0 Å². The molecule has 6 nitrogen and oxygen atoms in total. The van der Waals surface area contributed by atoms with Gasteiger partial charge in [-0.2, -0.15) is 0 Å². The van der Waals surface area contributed by atoms with Crippen molar-refractivity contribution < 1.29 is 14.0 Å². The smallest absolute Gasteiger partial charge is 0.234 e. The molecular formula is C18H15FN4O2S2. The number of thioether (sulfide) groups is 1. The molecule has 0 fully saturated rings. The number of hydrogen-bond donors (Lipinski definition) is 2. The van der Waals surface area contributed by atoms with Gasteiger partial charge in [-0.05, 0) is 49.4 Å². The number of amides is 1. The summed E-state index contributed by atoms with van der Waals surface area (Å²) in [5.74, 6) is -0.386. The van der Waals surface area contributed by atoms with E-state index in [1.807, 2.05) is 0 Å². The number of anilines is 3. The second kappa shape index (κ2) is 8.74. The molecule has 0 spiro atoms. The van der Waals surface area contributed by atoms with Gasteiger partial charge in [-0.1, -0.05) is 29.2 Å². The Hall–Kier alpha value is -2.78. The normalized spacial score (nSPS) is 10.4. The Morgan fingerprint density at radius 1 is 1.11 bits per heavy atom. The van der Waals surface area contributed by atoms with E-state index in [1.165, 1.54) is 42.2 Å². The highest BCUT2D eigenvalue weighted by atomic mass is 32.2. The van der Waals surface area contributed by atoms with Crippen LogP contribution in [0, 0.1) is 5.82 Å². The molecule has 0 aliphatic heterocycles. The van der Waals surface area contributed by atoms with Crippen molar-refractivity contribution in [3.63, 3.8) is 0 Å². The van der Waals surface area contributed by atoms with E-state index in [1.54, 1.807) is 36.4 Å². The van der Waals surface area contributed by atoms with Crippen molar-refractivity contribution in [2.75, 3.05) is 16.4 Å². The standard InChI is InChI=1S/C18H15FN4O2S2/c1-11(24)12-5-7-14(8-6-12)20-16(25)10-26-18-23-22-17(27-18)21-15-4-2-3-13(19)9-15/h2-9H,10H2,1H3,(H,20,25)(H,21,22). The Labute approximate surface area is 163 Å². The molecule has 1 amide bonds. The molecular weight excluding hydrogens is 387 g/mol. The average Bonchev–Trinajstić information content (AvgIpc) is 3.08. The molecule has 1 heterocycles. The molecule has 3 aromatic rings. The number of carbonyl (C=O) groups excluding carboxylic acids is 2. The highest BCUT2D eigenvalue weighted by Gasteiger charge is 2.09. The number of aromatic nitrogens is 2. The summed E-state index contributed by atoms with van der Waals surface area (Å²) in [5, 5.41) is 14.2. The zero-order chi connectivity index (χ0) is 19.2. The molecule has 0 unspecified atom stereocenters. The number of Topliss-reactive ketones (excluding diaryl/α,β-unsaturated/α-hetero) is 1. The Bertz CT molecular complexity index is 960. The lowest BCUT2D eigenvalue weighted by Crippen LogP contribution is -2.14. The van der Waals surface area contributed by atoms with Gasteiger partial charge in [0.25, 0.3) is 0 Å². The van der Waals surface area contributed by atoms with E-state index in [0.717, 1.165) is 0 Å². The van der Waals surface area contributed by atoms with E-state index in [4.69, 9.17) is 0 Å². The first-order chi connectivity index (χ1) is 13.0. The fourth-order valence-electron chi connectivity index (χ4n) is 2.12. The zero-order valence-corrected chi connectivity index (χ0v) is 15.9. The van der Waals surface area contributed by atoms with E-state index >= 15 is 0 Å². The maximum Gasteiger partial charge on any atom is 0.234 e. The molecule has 1 aromatic heterocycles. The third-order valence-electron chi connectivity index (χ3n) is 3.38. The molecule has 2 aromatic carbocycles. The minimum Gasteiger partial charge on any atom is -0.330 e. The first kappa shape index (κ1) is 19.0. The van der Waals surface area contributed by atoms with Crippen molar-refractivity contribution in [2.24, 2.45) is 0 Å². The van der Waals surface area contributed by atoms with Gasteiger partial charge in [0.2, 0.25) is 11.0 Å². The van der Waals surface area contributed by atoms with Gasteiger partial charge in [-0.15, -0.1) is 10.2 Å². The third kappa shape index (κ3) is 5.60. The SMILES string of the molecule is CC(=O)c1ccc(NC(=O)CSc2nnc(Nc3cccc(F)c3)s2)cc1. The number of hydrogen-bond acceptors (Lipinski definition) is 7. The first-order valence-corrected chi connectivity index (χ1v) is 9.69. The monoisotopic (exact) mass is 402 g/mol. The molecule has 0 aliphatic rings. The second-order valence-electron chi connectivity index (χ2n) is 5.48. The molecule has 138 valence electrons. The van der Waals surface area contributed by atoms with Gasteiger partial charge in [-0.25, -0.2) is 4.39 Å². The Balaban J connectivity index is 1.50. The van der Waals surface area contributed by atoms with Crippen LogP contribution in [0.3, 0.4) is 0 Å². The Kier molecular flexibility index (Phi) is 6.15. The largest absolute Gasteiger partial charge is 0.330 e. The van der Waals surface area contributed by atoms with Crippen LogP contribution < -0.4 is 10.6 Å². The van der Waals surface area contributed by atoms with Crippen LogP contribution >= 0.6 is 23.1 Å². The van der Waals surface area contributed by atoms with Gasteiger partial charge >= 0.3 is 0 Å². The summed E-state index contributed by atoms with van der Waals surface area (Å²) in [7, 11) is 0. The van der Waals surface area contributed by atoms with E-state index in [0.29, 0.717) is 26.4 Å². The first-order valence-electron chi connectivity index (χ1n) is 7.89. The maximum atomic E-state index is 13.2. The summed E-state index contributed by atoms with van der Waals surface area (Å²) < 4.78 is 13.8. The molecule has 2 N–H and O–H groups in total. The fourth-order valence-corrected chi connectivity index (χ4v) is 3.69. The predicted molar refractivity (Wildman–Crippen MR) is 105 cm³/mol. The molecule has 0 aliphatic carbocycles. The zero-order valence-electron chi connectivity index (χ0n) is 14.2. The average molecular weight is 402 g/mol. The van der Waals surface area contributed by atoms with Crippen LogP contribution in [-0.4, -0.2) is 27.6 Å². The summed E-state index contributed by atoms with van der Waals surface area (Å²) in [6.07, 6.45) is 0. The number of carbonyl (C=O) groups is 2. The van der Waals surface area contributed by atoms with Gasteiger partial charge in [0.05, 0.1) is 5.75 Å². The third-order valence-corrected chi connectivity index (χ3v) is 5.36. The highest BCUT2D eigenvalue weighted by Crippen LogP contribution is 2.27. The number of nitrogens with one attached hydrogen (secondary N) is 2. The Morgan fingerprint density at radius 3 is 2.59 bits per heavy atom. The molecule has 9 heteroatoms. The van der Waals surface area contributed by atoms with E-state index in [-0.39, 0.29) is 23.3 Å². The van der Waals surface area contributed by atoms with E-state index in [2.05, 4.69) is 20.8 Å². The maximum absolute atomic E-state index is 13.2. The van der Waals surface area contributed by atoms with Crippen LogP contribution in [0.4, 0.5) is 20.9 Å². The fraction of sp³-hybridized carbons (Fsp3) is 0.111. The topological polar surface area (TPSA) is 84.0 Å². The van der Waals surface area contributed by atoms with Crippen LogP contribution in [-0.2, 0) is 4.79 Å². The molecule has 0 radical (unpaired) electrons. The van der Waals surface area contributed by atoms with Gasteiger partial charge in [0, 0.05) is 16.9 Å². The lowest BCUT2D eigenvalue weighted by molar-refractivity contribution is -0.113. The predicted octanol–water partition coefficient (Wildman–Crippen LogP) is 4.35. The molecule has 0 bridgehead atoms. The number of rotatable bonds is 7. The summed E-state index contributed by atoms with van der Waals surface area (Å²) in [6.45, 7) is 1.49. The van der Waals surface area contributed by atoms with Gasteiger partial charge in [-0.3, -0.25) is 9.59 Å². The number of benzene rings is 2. The molecule has 3 rings (SSSR count). The summed E-state index contributed by atoms with van der Waals surface area (Å²) in [6, 6.07) is 12.7. The number of halogens is 1. The van der Waals surface area contributed by atoms with Crippen LogP contribution in [0.5, 0.6) is 0 Å². The lowest BCUT2D eigenvalue weighted by atomic mass is 10.1. The second-order valence-corrected chi connectivity index (χ2v) is 7.68. The van der Waals surface area contributed by atoms with E-state index in [9.17, 15) is 14.0 Å². The lowest BCUT2D eigenvalue weighted by Gasteiger charge is -2.04. The number of nitrogens with zero attached hydrogens (tertiary/aromatic N) is 2. The summed E-state index contributed by atoms with van der Waals surface area (Å²) in [5.41, 5.74) is 1.79. The van der Waals surface area contributed by atoms with Gasteiger partial charge < -0.3 is 10.6 Å². The minimum atomic E-state index is -0.341. The summed E-state index contributed by atoms with van der Waals surface area (Å²) in [4.78, 5) is 23.3. The van der Waals surface area contributed by atoms with Crippen molar-refractivity contribution in [3.8, 4) is 0 Å². The van der Waals surface area contributed by atoms with Crippen molar-refractivity contribution in [1.82, 2.24) is 10.2 Å². The summed E-state index contributed by atoms with van der Waals surface area (Å²) >= 11 is 2.53.